The first-order chi connectivity index (χ1) is 15.8. The third kappa shape index (κ3) is 4.59. The molecular formula is C24H16Cl3N3O3. The van der Waals surface area contributed by atoms with Crippen LogP contribution in [0.15, 0.2) is 77.5 Å². The molecule has 33 heavy (non-hydrogen) atoms. The number of rotatable bonds is 5. The van der Waals surface area contributed by atoms with Gasteiger partial charge in [-0.2, -0.15) is 0 Å². The zero-order chi connectivity index (χ0) is 23.7. The van der Waals surface area contributed by atoms with E-state index in [4.69, 9.17) is 34.8 Å². The van der Waals surface area contributed by atoms with Crippen molar-refractivity contribution in [2.45, 2.75) is 6.92 Å². The maximum Gasteiger partial charge on any atom is 0.283 e. The summed E-state index contributed by atoms with van der Waals surface area (Å²) in [4.78, 5) is 39.0. The number of carbonyl (C=O) groups excluding carboxylic acids is 3. The molecule has 1 aliphatic heterocycles. The van der Waals surface area contributed by atoms with Crippen molar-refractivity contribution in [3.05, 3.63) is 98.6 Å². The number of carbonyl (C=O) groups is 3. The molecule has 1 aliphatic rings. The molecule has 0 unspecified atom stereocenters. The van der Waals surface area contributed by atoms with Crippen molar-refractivity contribution in [1.82, 2.24) is 0 Å². The smallest absolute Gasteiger partial charge is 0.283 e. The lowest BCUT2D eigenvalue weighted by atomic mass is 10.1. The second kappa shape index (κ2) is 9.27. The molecule has 4 rings (SSSR count). The van der Waals surface area contributed by atoms with Gasteiger partial charge in [0.15, 0.2) is 0 Å². The predicted molar refractivity (Wildman–Crippen MR) is 131 cm³/mol. The van der Waals surface area contributed by atoms with Gasteiger partial charge in [0.05, 0.1) is 10.7 Å². The van der Waals surface area contributed by atoms with Gasteiger partial charge in [-0.25, -0.2) is 4.90 Å². The van der Waals surface area contributed by atoms with Gasteiger partial charge in [-0.15, -0.1) is 0 Å². The molecule has 0 aromatic heterocycles. The number of aryl methyl sites for hydroxylation is 1. The van der Waals surface area contributed by atoms with Gasteiger partial charge in [-0.05, 0) is 61.0 Å². The van der Waals surface area contributed by atoms with Crippen molar-refractivity contribution < 1.29 is 14.4 Å². The molecule has 0 saturated carbocycles. The second-order valence-corrected chi connectivity index (χ2v) is 8.42. The van der Waals surface area contributed by atoms with Crippen LogP contribution in [-0.4, -0.2) is 17.7 Å². The fourth-order valence-corrected chi connectivity index (χ4v) is 3.84. The molecule has 9 heteroatoms. The molecule has 3 aromatic rings. The van der Waals surface area contributed by atoms with Crippen LogP contribution in [0.2, 0.25) is 10.0 Å². The SMILES string of the molecule is Cc1ccc(Cl)cc1NC(=O)c1ccc(NC2=C(Cl)C(=O)N(c3ccccc3Cl)C2=O)cc1. The monoisotopic (exact) mass is 499 g/mol. The molecule has 0 bridgehead atoms. The summed E-state index contributed by atoms with van der Waals surface area (Å²) in [7, 11) is 0. The van der Waals surface area contributed by atoms with Gasteiger partial charge in [0.1, 0.15) is 10.7 Å². The fourth-order valence-electron chi connectivity index (χ4n) is 3.24. The van der Waals surface area contributed by atoms with Crippen molar-refractivity contribution in [1.29, 1.82) is 0 Å². The van der Waals surface area contributed by atoms with Crippen LogP contribution in [-0.2, 0) is 9.59 Å². The molecule has 0 fully saturated rings. The minimum atomic E-state index is -0.676. The van der Waals surface area contributed by atoms with E-state index in [0.717, 1.165) is 10.5 Å². The molecule has 166 valence electrons. The average Bonchev–Trinajstić information content (AvgIpc) is 3.00. The molecule has 0 aliphatic carbocycles. The van der Waals surface area contributed by atoms with E-state index in [0.29, 0.717) is 22.0 Å². The molecule has 3 aromatic carbocycles. The van der Waals surface area contributed by atoms with E-state index in [1.807, 2.05) is 13.0 Å². The van der Waals surface area contributed by atoms with Crippen molar-refractivity contribution in [3.8, 4) is 0 Å². The van der Waals surface area contributed by atoms with E-state index < -0.39 is 11.8 Å². The lowest BCUT2D eigenvalue weighted by molar-refractivity contribution is -0.120. The number of hydrogen-bond acceptors (Lipinski definition) is 4. The third-order valence-electron chi connectivity index (χ3n) is 4.98. The van der Waals surface area contributed by atoms with E-state index in [1.54, 1.807) is 60.7 Å². The second-order valence-electron chi connectivity index (χ2n) is 7.20. The number of para-hydroxylation sites is 1. The van der Waals surface area contributed by atoms with Crippen LogP contribution in [0, 0.1) is 6.92 Å². The number of anilines is 3. The number of nitrogens with zero attached hydrogens (tertiary/aromatic N) is 1. The molecular weight excluding hydrogens is 485 g/mol. The Morgan fingerprint density at radius 1 is 0.879 bits per heavy atom. The molecule has 0 atom stereocenters. The first kappa shape index (κ1) is 22.9. The first-order valence-electron chi connectivity index (χ1n) is 9.74. The van der Waals surface area contributed by atoms with Gasteiger partial charge in [-0.3, -0.25) is 14.4 Å². The summed E-state index contributed by atoms with van der Waals surface area (Å²) >= 11 is 18.3. The first-order valence-corrected chi connectivity index (χ1v) is 10.9. The summed E-state index contributed by atoms with van der Waals surface area (Å²) in [5, 5.41) is 6.19. The highest BCUT2D eigenvalue weighted by Crippen LogP contribution is 2.34. The molecule has 0 saturated heterocycles. The lowest BCUT2D eigenvalue weighted by Crippen LogP contribution is -2.32. The number of halogens is 3. The number of benzene rings is 3. The average molecular weight is 501 g/mol. The topological polar surface area (TPSA) is 78.5 Å². The Hall–Kier alpha value is -3.32. The van der Waals surface area contributed by atoms with Gasteiger partial charge in [0.25, 0.3) is 17.7 Å². The van der Waals surface area contributed by atoms with E-state index in [9.17, 15) is 14.4 Å². The minimum Gasteiger partial charge on any atom is -0.350 e. The Bertz CT molecular complexity index is 1320. The zero-order valence-electron chi connectivity index (χ0n) is 17.2. The summed E-state index contributed by atoms with van der Waals surface area (Å²) in [5.74, 6) is -1.62. The van der Waals surface area contributed by atoms with Crippen LogP contribution in [0.3, 0.4) is 0 Å². The van der Waals surface area contributed by atoms with E-state index in [-0.39, 0.29) is 27.3 Å². The fraction of sp³-hybridized carbons (Fsp3) is 0.0417. The van der Waals surface area contributed by atoms with Crippen molar-refractivity contribution >= 4 is 69.6 Å². The Kier molecular flexibility index (Phi) is 6.42. The summed E-state index contributed by atoms with van der Waals surface area (Å²) < 4.78 is 0. The van der Waals surface area contributed by atoms with Crippen molar-refractivity contribution in [2.24, 2.45) is 0 Å². The van der Waals surface area contributed by atoms with Gasteiger partial charge in [-0.1, -0.05) is 53.0 Å². The molecule has 0 radical (unpaired) electrons. The van der Waals surface area contributed by atoms with E-state index in [2.05, 4.69) is 10.6 Å². The van der Waals surface area contributed by atoms with Gasteiger partial charge >= 0.3 is 0 Å². The maximum absolute atomic E-state index is 12.9. The zero-order valence-corrected chi connectivity index (χ0v) is 19.4. The van der Waals surface area contributed by atoms with E-state index >= 15 is 0 Å². The van der Waals surface area contributed by atoms with Gasteiger partial charge in [0.2, 0.25) is 0 Å². The van der Waals surface area contributed by atoms with Crippen molar-refractivity contribution in [3.63, 3.8) is 0 Å². The summed E-state index contributed by atoms with van der Waals surface area (Å²) in [6.07, 6.45) is 0. The number of imide groups is 1. The van der Waals surface area contributed by atoms with Crippen LogP contribution in [0.1, 0.15) is 15.9 Å². The third-order valence-corrected chi connectivity index (χ3v) is 5.89. The maximum atomic E-state index is 12.9. The highest BCUT2D eigenvalue weighted by Gasteiger charge is 2.39. The quantitative estimate of drug-likeness (QED) is 0.422. The lowest BCUT2D eigenvalue weighted by Gasteiger charge is -2.16. The molecule has 6 nitrogen and oxygen atoms in total. The van der Waals surface area contributed by atoms with Crippen LogP contribution >= 0.6 is 34.8 Å². The normalized spacial score (nSPS) is 13.5. The predicted octanol–water partition coefficient (Wildman–Crippen LogP) is 5.99. The minimum absolute atomic E-state index is 0.0756. The van der Waals surface area contributed by atoms with Gasteiger partial charge < -0.3 is 10.6 Å². The highest BCUT2D eigenvalue weighted by molar-refractivity contribution is 6.53. The number of nitrogens with one attached hydrogen (secondary N) is 2. The Morgan fingerprint density at radius 2 is 1.58 bits per heavy atom. The Morgan fingerprint density at radius 3 is 2.27 bits per heavy atom. The highest BCUT2D eigenvalue weighted by atomic mass is 35.5. The van der Waals surface area contributed by atoms with Crippen LogP contribution in [0.5, 0.6) is 0 Å². The van der Waals surface area contributed by atoms with Crippen LogP contribution < -0.4 is 15.5 Å². The van der Waals surface area contributed by atoms with Gasteiger partial charge in [0, 0.05) is 22.0 Å². The summed E-state index contributed by atoms with van der Waals surface area (Å²) in [6, 6.07) is 18.1. The largest absolute Gasteiger partial charge is 0.350 e. The summed E-state index contributed by atoms with van der Waals surface area (Å²) in [6.45, 7) is 1.86. The molecule has 1 heterocycles. The van der Waals surface area contributed by atoms with Crippen molar-refractivity contribution in [2.75, 3.05) is 15.5 Å². The summed E-state index contributed by atoms with van der Waals surface area (Å²) in [5.41, 5.74) is 2.52. The molecule has 0 spiro atoms. The Labute approximate surface area is 204 Å². The molecule has 2 N–H and O–H groups in total. The standard InChI is InChI=1S/C24H16Cl3N3O3/c1-13-6-9-15(25)12-18(13)29-22(31)14-7-10-16(11-8-14)28-21-20(27)23(32)30(24(21)33)19-5-3-2-4-17(19)26/h2-12,28H,1H3,(H,29,31). The van der Waals surface area contributed by atoms with Crippen LogP contribution in [0.25, 0.3) is 0 Å². The Balaban J connectivity index is 1.50. The van der Waals surface area contributed by atoms with Crippen LogP contribution in [0.4, 0.5) is 17.1 Å². The molecule has 3 amide bonds. The number of hydrogen-bond donors (Lipinski definition) is 2. The number of amides is 3. The van der Waals surface area contributed by atoms with E-state index in [1.165, 1.54) is 0 Å².